The number of hydrogen-bond donors (Lipinski definition) is 1. The summed E-state index contributed by atoms with van der Waals surface area (Å²) in [7, 11) is 1.96. The van der Waals surface area contributed by atoms with Crippen LogP contribution in [0.5, 0.6) is 0 Å². The van der Waals surface area contributed by atoms with Crippen molar-refractivity contribution < 1.29 is 9.90 Å². The topological polar surface area (TPSA) is 40.5 Å². The maximum atomic E-state index is 10.8. The average molecular weight is 191 g/mol. The minimum Gasteiger partial charge on any atom is -0.387 e. The summed E-state index contributed by atoms with van der Waals surface area (Å²) >= 11 is 0. The molecule has 1 N–H and O–H groups in total. The van der Waals surface area contributed by atoms with Crippen LogP contribution < -0.4 is 0 Å². The second kappa shape index (κ2) is 3.52. The number of carbonyl (C=O) groups is 1. The summed E-state index contributed by atoms with van der Waals surface area (Å²) in [5, 5.41) is 9.84. The van der Waals surface area contributed by atoms with Crippen LogP contribution in [0.1, 0.15) is 27.6 Å². The Hall–Kier alpha value is -1.19. The first-order valence-electron chi connectivity index (χ1n) is 4.66. The molecule has 0 amide bonds. The van der Waals surface area contributed by atoms with Gasteiger partial charge in [0, 0.05) is 18.7 Å². The van der Waals surface area contributed by atoms with E-state index in [-0.39, 0.29) is 0 Å². The third-order valence-electron chi connectivity index (χ3n) is 2.62. The largest absolute Gasteiger partial charge is 0.387 e. The van der Waals surface area contributed by atoms with E-state index in [1.54, 1.807) is 6.07 Å². The summed E-state index contributed by atoms with van der Waals surface area (Å²) in [6.07, 6.45) is 0.276. The molecular formula is C11H13NO2. The van der Waals surface area contributed by atoms with Crippen molar-refractivity contribution in [3.8, 4) is 0 Å². The zero-order valence-corrected chi connectivity index (χ0v) is 8.10. The molecule has 0 saturated carbocycles. The fourth-order valence-corrected chi connectivity index (χ4v) is 2.02. The Bertz CT molecular complexity index is 362. The van der Waals surface area contributed by atoms with Gasteiger partial charge in [0.1, 0.15) is 6.29 Å². The molecule has 1 aromatic rings. The predicted molar refractivity (Wildman–Crippen MR) is 53.1 cm³/mol. The van der Waals surface area contributed by atoms with E-state index in [1.807, 2.05) is 24.1 Å². The number of benzene rings is 1. The second-order valence-electron chi connectivity index (χ2n) is 3.75. The van der Waals surface area contributed by atoms with Crippen LogP contribution in [0.2, 0.25) is 0 Å². The predicted octanol–water partition coefficient (Wildman–Crippen LogP) is 0.978. The maximum Gasteiger partial charge on any atom is 0.150 e. The van der Waals surface area contributed by atoms with E-state index < -0.39 is 6.10 Å². The molecule has 1 atom stereocenters. The van der Waals surface area contributed by atoms with Crippen LogP contribution in [-0.2, 0) is 6.54 Å². The molecule has 3 nitrogen and oxygen atoms in total. The van der Waals surface area contributed by atoms with Gasteiger partial charge in [0.15, 0.2) is 0 Å². The SMILES string of the molecule is CN1Cc2cccc(C=O)c2C(O)C1. The molecule has 74 valence electrons. The van der Waals surface area contributed by atoms with Crippen molar-refractivity contribution in [2.75, 3.05) is 13.6 Å². The lowest BCUT2D eigenvalue weighted by Gasteiger charge is -2.29. The number of rotatable bonds is 1. The van der Waals surface area contributed by atoms with Crippen LogP contribution in [-0.4, -0.2) is 29.9 Å². The monoisotopic (exact) mass is 191 g/mol. The van der Waals surface area contributed by atoms with E-state index in [2.05, 4.69) is 0 Å². The first kappa shape index (κ1) is 9.37. The summed E-state index contributed by atoms with van der Waals surface area (Å²) < 4.78 is 0. The fourth-order valence-electron chi connectivity index (χ4n) is 2.02. The fraction of sp³-hybridized carbons (Fsp3) is 0.364. The summed E-state index contributed by atoms with van der Waals surface area (Å²) in [5.74, 6) is 0. The van der Waals surface area contributed by atoms with Crippen molar-refractivity contribution in [3.63, 3.8) is 0 Å². The first-order valence-corrected chi connectivity index (χ1v) is 4.66. The Morgan fingerprint density at radius 2 is 2.36 bits per heavy atom. The Morgan fingerprint density at radius 3 is 3.07 bits per heavy atom. The van der Waals surface area contributed by atoms with Gasteiger partial charge in [0.2, 0.25) is 0 Å². The van der Waals surface area contributed by atoms with Crippen LogP contribution in [0.15, 0.2) is 18.2 Å². The zero-order chi connectivity index (χ0) is 10.1. The molecule has 0 fully saturated rings. The summed E-state index contributed by atoms with van der Waals surface area (Å²) in [6, 6.07) is 5.57. The van der Waals surface area contributed by atoms with Gasteiger partial charge in [-0.25, -0.2) is 0 Å². The number of aliphatic hydroxyl groups is 1. The molecule has 0 aliphatic carbocycles. The number of fused-ring (bicyclic) bond motifs is 1. The molecule has 1 aliphatic rings. The quantitative estimate of drug-likeness (QED) is 0.673. The van der Waals surface area contributed by atoms with E-state index in [4.69, 9.17) is 0 Å². The van der Waals surface area contributed by atoms with E-state index in [1.165, 1.54) is 0 Å². The first-order chi connectivity index (χ1) is 6.72. The Morgan fingerprint density at radius 1 is 1.57 bits per heavy atom. The Labute approximate surface area is 83.0 Å². The highest BCUT2D eigenvalue weighted by molar-refractivity contribution is 5.78. The zero-order valence-electron chi connectivity index (χ0n) is 8.10. The van der Waals surface area contributed by atoms with Gasteiger partial charge in [0.25, 0.3) is 0 Å². The highest BCUT2D eigenvalue weighted by atomic mass is 16.3. The molecule has 1 aliphatic heterocycles. The van der Waals surface area contributed by atoms with E-state index in [0.717, 1.165) is 24.0 Å². The van der Waals surface area contributed by atoms with Crippen molar-refractivity contribution in [2.45, 2.75) is 12.6 Å². The van der Waals surface area contributed by atoms with Crippen LogP contribution in [0.4, 0.5) is 0 Å². The van der Waals surface area contributed by atoms with Gasteiger partial charge in [-0.3, -0.25) is 9.69 Å². The van der Waals surface area contributed by atoms with Crippen molar-refractivity contribution in [2.24, 2.45) is 0 Å². The van der Waals surface area contributed by atoms with Gasteiger partial charge >= 0.3 is 0 Å². The highest BCUT2D eigenvalue weighted by Gasteiger charge is 2.23. The average Bonchev–Trinajstić information content (AvgIpc) is 2.16. The molecule has 0 aromatic heterocycles. The van der Waals surface area contributed by atoms with E-state index in [0.29, 0.717) is 12.1 Å². The summed E-state index contributed by atoms with van der Waals surface area (Å²) in [4.78, 5) is 12.8. The number of likely N-dealkylation sites (N-methyl/N-ethyl adjacent to an activating group) is 1. The lowest BCUT2D eigenvalue weighted by Crippen LogP contribution is -2.31. The third-order valence-corrected chi connectivity index (χ3v) is 2.62. The normalized spacial score (nSPS) is 21.7. The van der Waals surface area contributed by atoms with Gasteiger partial charge in [-0.05, 0) is 18.2 Å². The van der Waals surface area contributed by atoms with Gasteiger partial charge < -0.3 is 5.11 Å². The van der Waals surface area contributed by atoms with Crippen LogP contribution in [0.25, 0.3) is 0 Å². The smallest absolute Gasteiger partial charge is 0.150 e. The number of carbonyl (C=O) groups excluding carboxylic acids is 1. The maximum absolute atomic E-state index is 10.8. The molecule has 14 heavy (non-hydrogen) atoms. The second-order valence-corrected chi connectivity index (χ2v) is 3.75. The molecule has 2 rings (SSSR count). The Kier molecular flexibility index (Phi) is 2.35. The van der Waals surface area contributed by atoms with Crippen molar-refractivity contribution in [3.05, 3.63) is 34.9 Å². The number of nitrogens with zero attached hydrogens (tertiary/aromatic N) is 1. The third kappa shape index (κ3) is 1.45. The lowest BCUT2D eigenvalue weighted by atomic mass is 9.93. The highest BCUT2D eigenvalue weighted by Crippen LogP contribution is 2.27. The van der Waals surface area contributed by atoms with E-state index in [9.17, 15) is 9.90 Å². The van der Waals surface area contributed by atoms with Crippen LogP contribution >= 0.6 is 0 Å². The minimum atomic E-state index is -0.537. The molecule has 0 saturated heterocycles. The molecule has 1 aromatic carbocycles. The summed E-state index contributed by atoms with van der Waals surface area (Å²) in [6.45, 7) is 1.39. The Balaban J connectivity index is 2.52. The van der Waals surface area contributed by atoms with Gasteiger partial charge in [0.05, 0.1) is 6.10 Å². The van der Waals surface area contributed by atoms with Gasteiger partial charge in [-0.2, -0.15) is 0 Å². The van der Waals surface area contributed by atoms with Gasteiger partial charge in [-0.1, -0.05) is 18.2 Å². The molecule has 0 spiro atoms. The molecule has 0 bridgehead atoms. The lowest BCUT2D eigenvalue weighted by molar-refractivity contribution is 0.102. The number of aliphatic hydroxyl groups excluding tert-OH is 1. The molecule has 0 radical (unpaired) electrons. The van der Waals surface area contributed by atoms with Crippen molar-refractivity contribution in [1.29, 1.82) is 0 Å². The molecular weight excluding hydrogens is 178 g/mol. The molecule has 1 heterocycles. The molecule has 3 heteroatoms. The van der Waals surface area contributed by atoms with E-state index >= 15 is 0 Å². The van der Waals surface area contributed by atoms with Gasteiger partial charge in [-0.15, -0.1) is 0 Å². The van der Waals surface area contributed by atoms with Crippen LogP contribution in [0.3, 0.4) is 0 Å². The summed E-state index contributed by atoms with van der Waals surface area (Å²) in [5.41, 5.74) is 2.47. The van der Waals surface area contributed by atoms with Crippen LogP contribution in [0, 0.1) is 0 Å². The van der Waals surface area contributed by atoms with Crippen molar-refractivity contribution >= 4 is 6.29 Å². The van der Waals surface area contributed by atoms with Crippen molar-refractivity contribution in [1.82, 2.24) is 4.90 Å². The number of β-amino-alcohol motifs (C(OH)–C–C–N with tert-alkyl or cyclic N) is 1. The minimum absolute atomic E-state index is 0.537. The number of hydrogen-bond acceptors (Lipinski definition) is 3. The number of aldehydes is 1. The molecule has 1 unspecified atom stereocenters. The standard InChI is InChI=1S/C11H13NO2/c1-12-5-8-3-2-4-9(7-13)11(8)10(14)6-12/h2-4,7,10,14H,5-6H2,1H3.